The van der Waals surface area contributed by atoms with Gasteiger partial charge in [-0.2, -0.15) is 5.26 Å². The van der Waals surface area contributed by atoms with Crippen LogP contribution in [-0.2, 0) is 20.8 Å². The van der Waals surface area contributed by atoms with Crippen LogP contribution in [0.5, 0.6) is 0 Å². The molecule has 0 heterocycles. The SMILES string of the molecule is N#CCC(=O)C[C@@H](Cc1ccccc1)C(=O)NCC(=O)O. The van der Waals surface area contributed by atoms with Crippen LogP contribution in [0.2, 0.25) is 0 Å². The lowest BCUT2D eigenvalue weighted by Gasteiger charge is -2.15. The second-order valence-electron chi connectivity index (χ2n) is 4.58. The molecule has 110 valence electrons. The summed E-state index contributed by atoms with van der Waals surface area (Å²) in [5.41, 5.74) is 0.873. The molecule has 1 aromatic rings. The normalized spacial score (nSPS) is 11.2. The molecule has 0 saturated heterocycles. The second-order valence-corrected chi connectivity index (χ2v) is 4.58. The lowest BCUT2D eigenvalue weighted by molar-refractivity contribution is -0.138. The monoisotopic (exact) mass is 288 g/mol. The molecular weight excluding hydrogens is 272 g/mol. The second kappa shape index (κ2) is 8.48. The average molecular weight is 288 g/mol. The maximum atomic E-state index is 12.0. The van der Waals surface area contributed by atoms with E-state index in [9.17, 15) is 14.4 Å². The third-order valence-electron chi connectivity index (χ3n) is 2.86. The van der Waals surface area contributed by atoms with Crippen LogP contribution in [0.1, 0.15) is 18.4 Å². The van der Waals surface area contributed by atoms with E-state index in [0.29, 0.717) is 6.42 Å². The van der Waals surface area contributed by atoms with Gasteiger partial charge >= 0.3 is 5.97 Å². The van der Waals surface area contributed by atoms with Crippen molar-refractivity contribution in [1.82, 2.24) is 5.32 Å². The number of hydrogen-bond donors (Lipinski definition) is 2. The molecule has 0 aliphatic carbocycles. The zero-order chi connectivity index (χ0) is 15.7. The summed E-state index contributed by atoms with van der Waals surface area (Å²) in [6.45, 7) is -0.490. The number of carbonyl (C=O) groups excluding carboxylic acids is 2. The van der Waals surface area contributed by atoms with Crippen LogP contribution in [0.15, 0.2) is 30.3 Å². The van der Waals surface area contributed by atoms with Gasteiger partial charge in [0.15, 0.2) is 0 Å². The van der Waals surface area contributed by atoms with Crippen molar-refractivity contribution in [2.24, 2.45) is 5.92 Å². The molecule has 0 aromatic heterocycles. The first-order valence-electron chi connectivity index (χ1n) is 6.45. The number of rotatable bonds is 8. The third-order valence-corrected chi connectivity index (χ3v) is 2.86. The van der Waals surface area contributed by atoms with Gasteiger partial charge in [-0.25, -0.2) is 0 Å². The Morgan fingerprint density at radius 2 is 1.90 bits per heavy atom. The molecule has 1 amide bonds. The zero-order valence-electron chi connectivity index (χ0n) is 11.4. The van der Waals surface area contributed by atoms with Gasteiger partial charge in [0.1, 0.15) is 12.3 Å². The van der Waals surface area contributed by atoms with Crippen LogP contribution in [0.4, 0.5) is 0 Å². The topological polar surface area (TPSA) is 107 Å². The molecule has 0 radical (unpaired) electrons. The summed E-state index contributed by atoms with van der Waals surface area (Å²) in [7, 11) is 0. The number of nitriles is 1. The minimum absolute atomic E-state index is 0.0755. The minimum atomic E-state index is -1.15. The number of nitrogens with zero attached hydrogens (tertiary/aromatic N) is 1. The number of ketones is 1. The van der Waals surface area contributed by atoms with E-state index in [1.54, 1.807) is 6.07 Å². The molecule has 1 aromatic carbocycles. The van der Waals surface area contributed by atoms with E-state index in [4.69, 9.17) is 10.4 Å². The first-order valence-corrected chi connectivity index (χ1v) is 6.45. The quantitative estimate of drug-likeness (QED) is 0.739. The smallest absolute Gasteiger partial charge is 0.322 e. The molecule has 21 heavy (non-hydrogen) atoms. The van der Waals surface area contributed by atoms with Crippen molar-refractivity contribution in [2.45, 2.75) is 19.3 Å². The number of carboxylic acids is 1. The van der Waals surface area contributed by atoms with Crippen LogP contribution in [-0.4, -0.2) is 29.3 Å². The molecule has 2 N–H and O–H groups in total. The highest BCUT2D eigenvalue weighted by atomic mass is 16.4. The van der Waals surface area contributed by atoms with E-state index >= 15 is 0 Å². The summed E-state index contributed by atoms with van der Waals surface area (Å²) in [4.78, 5) is 34.0. The fourth-order valence-electron chi connectivity index (χ4n) is 1.90. The standard InChI is InChI=1S/C15H16N2O4/c16-7-6-13(18)9-12(15(21)17-10-14(19)20)8-11-4-2-1-3-5-11/h1-5,12H,6,8-10H2,(H,17,21)(H,19,20)/t12-/m1/s1. The molecule has 0 aliphatic heterocycles. The molecule has 0 fully saturated rings. The predicted octanol–water partition coefficient (Wildman–Crippen LogP) is 0.919. The fraction of sp³-hybridized carbons (Fsp3) is 0.333. The van der Waals surface area contributed by atoms with Crippen molar-refractivity contribution in [2.75, 3.05) is 6.54 Å². The predicted molar refractivity (Wildman–Crippen MR) is 74.1 cm³/mol. The highest BCUT2D eigenvalue weighted by Crippen LogP contribution is 2.14. The Balaban J connectivity index is 2.74. The summed E-state index contributed by atoms with van der Waals surface area (Å²) >= 11 is 0. The van der Waals surface area contributed by atoms with Crippen molar-refractivity contribution in [1.29, 1.82) is 5.26 Å². The number of hydrogen-bond acceptors (Lipinski definition) is 4. The molecule has 6 nitrogen and oxygen atoms in total. The summed E-state index contributed by atoms with van der Waals surface area (Å²) in [5.74, 6) is -2.64. The van der Waals surface area contributed by atoms with E-state index in [2.05, 4.69) is 5.32 Å². The van der Waals surface area contributed by atoms with Gasteiger partial charge in [0, 0.05) is 12.3 Å². The van der Waals surface area contributed by atoms with E-state index < -0.39 is 24.3 Å². The zero-order valence-corrected chi connectivity index (χ0v) is 11.4. The Kier molecular flexibility index (Phi) is 6.61. The van der Waals surface area contributed by atoms with Gasteiger partial charge in [-0.1, -0.05) is 30.3 Å². The molecule has 1 rings (SSSR count). The Bertz CT molecular complexity index is 549. The van der Waals surface area contributed by atoms with Gasteiger partial charge < -0.3 is 10.4 Å². The maximum absolute atomic E-state index is 12.0. The van der Waals surface area contributed by atoms with Gasteiger partial charge in [0.05, 0.1) is 12.5 Å². The summed E-state index contributed by atoms with van der Waals surface area (Å²) < 4.78 is 0. The highest BCUT2D eigenvalue weighted by Gasteiger charge is 2.22. The molecule has 0 bridgehead atoms. The molecule has 0 aliphatic rings. The number of benzene rings is 1. The highest BCUT2D eigenvalue weighted by molar-refractivity contribution is 5.89. The number of Topliss-reactive ketones (excluding diaryl/α,β-unsaturated/α-hetero) is 1. The Labute approximate surface area is 122 Å². The first kappa shape index (κ1) is 16.4. The summed E-state index contributed by atoms with van der Waals surface area (Å²) in [5, 5.41) is 19.4. The van der Waals surface area contributed by atoms with E-state index in [0.717, 1.165) is 5.56 Å². The molecule has 1 atom stereocenters. The van der Waals surface area contributed by atoms with Crippen molar-refractivity contribution >= 4 is 17.7 Å². The van der Waals surface area contributed by atoms with E-state index in [1.807, 2.05) is 30.3 Å². The van der Waals surface area contributed by atoms with Gasteiger partial charge in [-0.05, 0) is 12.0 Å². The van der Waals surface area contributed by atoms with Gasteiger partial charge in [-0.3, -0.25) is 14.4 Å². The summed E-state index contributed by atoms with van der Waals surface area (Å²) in [6, 6.07) is 10.9. The molecule has 6 heteroatoms. The van der Waals surface area contributed by atoms with E-state index in [-0.39, 0.29) is 18.6 Å². The van der Waals surface area contributed by atoms with Gasteiger partial charge in [0.25, 0.3) is 0 Å². The lowest BCUT2D eigenvalue weighted by Crippen LogP contribution is -2.36. The van der Waals surface area contributed by atoms with Gasteiger partial charge in [-0.15, -0.1) is 0 Å². The number of carbonyl (C=O) groups is 3. The van der Waals surface area contributed by atoms with E-state index in [1.165, 1.54) is 0 Å². The van der Waals surface area contributed by atoms with Crippen molar-refractivity contribution in [3.05, 3.63) is 35.9 Å². The van der Waals surface area contributed by atoms with Crippen LogP contribution in [0.25, 0.3) is 0 Å². The number of carboxylic acid groups (broad SMARTS) is 1. The molecule has 0 saturated carbocycles. The number of amides is 1. The minimum Gasteiger partial charge on any atom is -0.480 e. The van der Waals surface area contributed by atoms with Crippen LogP contribution >= 0.6 is 0 Å². The fourth-order valence-corrected chi connectivity index (χ4v) is 1.90. The Morgan fingerprint density at radius 1 is 1.24 bits per heavy atom. The summed E-state index contributed by atoms with van der Waals surface area (Å²) in [6.07, 6.45) is -0.00509. The molecule has 0 unspecified atom stereocenters. The average Bonchev–Trinajstić information content (AvgIpc) is 2.45. The molecular formula is C15H16N2O4. The third kappa shape index (κ3) is 6.34. The first-order chi connectivity index (χ1) is 10.0. The molecule has 0 spiro atoms. The Morgan fingerprint density at radius 3 is 2.48 bits per heavy atom. The van der Waals surface area contributed by atoms with Crippen molar-refractivity contribution < 1.29 is 19.5 Å². The number of nitrogens with one attached hydrogen (secondary N) is 1. The van der Waals surface area contributed by atoms with Crippen LogP contribution < -0.4 is 5.32 Å². The Hall–Kier alpha value is -2.68. The van der Waals surface area contributed by atoms with Gasteiger partial charge in [0.2, 0.25) is 5.91 Å². The van der Waals surface area contributed by atoms with Crippen LogP contribution in [0, 0.1) is 17.2 Å². The van der Waals surface area contributed by atoms with Crippen molar-refractivity contribution in [3.63, 3.8) is 0 Å². The maximum Gasteiger partial charge on any atom is 0.322 e. The largest absolute Gasteiger partial charge is 0.480 e. The van der Waals surface area contributed by atoms with Crippen LogP contribution in [0.3, 0.4) is 0 Å². The van der Waals surface area contributed by atoms with Crippen molar-refractivity contribution in [3.8, 4) is 6.07 Å². The number of aliphatic carboxylic acids is 1. The lowest BCUT2D eigenvalue weighted by atomic mass is 9.92.